The molecule has 0 atom stereocenters. The van der Waals surface area contributed by atoms with Gasteiger partial charge in [-0.1, -0.05) is 6.42 Å². The molecule has 4 heterocycles. The van der Waals surface area contributed by atoms with Crippen LogP contribution in [0.2, 0.25) is 0 Å². The number of sulfonamides is 1. The highest BCUT2D eigenvalue weighted by atomic mass is 32.2. The van der Waals surface area contributed by atoms with Gasteiger partial charge in [0.15, 0.2) is 0 Å². The van der Waals surface area contributed by atoms with Gasteiger partial charge in [-0.15, -0.1) is 11.3 Å². The second kappa shape index (κ2) is 10.1. The highest BCUT2D eigenvalue weighted by Crippen LogP contribution is 2.30. The molecular formula is C21H33N3O4S2. The van der Waals surface area contributed by atoms with Crippen LogP contribution >= 0.6 is 11.3 Å². The summed E-state index contributed by atoms with van der Waals surface area (Å²) in [7, 11) is -3.58. The second-order valence-corrected chi connectivity index (χ2v) is 11.4. The van der Waals surface area contributed by atoms with Crippen molar-refractivity contribution in [2.24, 2.45) is 5.92 Å². The van der Waals surface area contributed by atoms with Crippen molar-refractivity contribution in [1.82, 2.24) is 14.1 Å². The fourth-order valence-corrected chi connectivity index (χ4v) is 7.54. The molecule has 0 unspecified atom stereocenters. The maximum absolute atomic E-state index is 13.2. The van der Waals surface area contributed by atoms with Crippen molar-refractivity contribution in [2.75, 3.05) is 59.0 Å². The first-order chi connectivity index (χ1) is 14.6. The Hall–Kier alpha value is -1.00. The van der Waals surface area contributed by atoms with E-state index < -0.39 is 10.0 Å². The van der Waals surface area contributed by atoms with Gasteiger partial charge in [0, 0.05) is 39.3 Å². The average Bonchev–Trinajstić information content (AvgIpc) is 3.30. The largest absolute Gasteiger partial charge is 0.379 e. The first-order valence-electron chi connectivity index (χ1n) is 11.2. The van der Waals surface area contributed by atoms with E-state index in [0.717, 1.165) is 71.4 Å². The van der Waals surface area contributed by atoms with Gasteiger partial charge in [-0.2, -0.15) is 4.31 Å². The van der Waals surface area contributed by atoms with Crippen LogP contribution in [0.5, 0.6) is 0 Å². The SMILES string of the molecule is O=C(c1sccc1S(=O)(=O)N1CCCCC1)N1CCC(CCN2CCOCC2)CC1. The number of morpholine rings is 1. The van der Waals surface area contributed by atoms with Gasteiger partial charge in [-0.3, -0.25) is 9.69 Å². The van der Waals surface area contributed by atoms with Crippen molar-refractivity contribution in [2.45, 2.75) is 43.4 Å². The summed E-state index contributed by atoms with van der Waals surface area (Å²) in [5.41, 5.74) is 0. The Balaban J connectivity index is 1.33. The normalized spacial score (nSPS) is 23.0. The minimum Gasteiger partial charge on any atom is -0.379 e. The van der Waals surface area contributed by atoms with Crippen LogP contribution < -0.4 is 0 Å². The summed E-state index contributed by atoms with van der Waals surface area (Å²) in [5.74, 6) is 0.518. The molecular weight excluding hydrogens is 422 g/mol. The summed E-state index contributed by atoms with van der Waals surface area (Å²) < 4.78 is 33.1. The van der Waals surface area contributed by atoms with Gasteiger partial charge in [0.1, 0.15) is 9.77 Å². The smallest absolute Gasteiger partial charge is 0.265 e. The molecule has 3 aliphatic rings. The fraction of sp³-hybridized carbons (Fsp3) is 0.762. The zero-order valence-corrected chi connectivity index (χ0v) is 19.3. The van der Waals surface area contributed by atoms with Gasteiger partial charge in [-0.25, -0.2) is 8.42 Å². The highest BCUT2D eigenvalue weighted by molar-refractivity contribution is 7.89. The number of hydrogen-bond acceptors (Lipinski definition) is 6. The molecule has 3 fully saturated rings. The maximum Gasteiger partial charge on any atom is 0.265 e. The molecule has 1 amide bonds. The van der Waals surface area contributed by atoms with Crippen molar-refractivity contribution in [1.29, 1.82) is 0 Å². The van der Waals surface area contributed by atoms with E-state index in [-0.39, 0.29) is 10.8 Å². The first-order valence-corrected chi connectivity index (χ1v) is 13.5. The summed E-state index contributed by atoms with van der Waals surface area (Å²) in [5, 5.41) is 1.74. The maximum atomic E-state index is 13.2. The number of carbonyl (C=O) groups excluding carboxylic acids is 1. The van der Waals surface area contributed by atoms with Crippen LogP contribution in [-0.4, -0.2) is 87.5 Å². The van der Waals surface area contributed by atoms with Gasteiger partial charge in [0.25, 0.3) is 5.91 Å². The van der Waals surface area contributed by atoms with Crippen molar-refractivity contribution < 1.29 is 17.9 Å². The van der Waals surface area contributed by atoms with Crippen LogP contribution in [0.25, 0.3) is 0 Å². The number of ether oxygens (including phenoxy) is 1. The lowest BCUT2D eigenvalue weighted by atomic mass is 9.93. The zero-order chi connectivity index (χ0) is 21.0. The second-order valence-electron chi connectivity index (χ2n) is 8.56. The summed E-state index contributed by atoms with van der Waals surface area (Å²) in [6.45, 7) is 7.34. The van der Waals surface area contributed by atoms with E-state index in [0.29, 0.717) is 37.0 Å². The number of likely N-dealkylation sites (tertiary alicyclic amines) is 1. The van der Waals surface area contributed by atoms with Crippen LogP contribution in [-0.2, 0) is 14.8 Å². The van der Waals surface area contributed by atoms with Gasteiger partial charge in [0.05, 0.1) is 13.2 Å². The molecule has 9 heteroatoms. The highest BCUT2D eigenvalue weighted by Gasteiger charge is 2.33. The molecule has 3 saturated heterocycles. The zero-order valence-electron chi connectivity index (χ0n) is 17.6. The number of rotatable bonds is 6. The molecule has 0 radical (unpaired) electrons. The molecule has 0 aromatic carbocycles. The lowest BCUT2D eigenvalue weighted by Gasteiger charge is -2.34. The van der Waals surface area contributed by atoms with Crippen LogP contribution in [0.15, 0.2) is 16.3 Å². The Kier molecular flexibility index (Phi) is 7.46. The predicted molar refractivity (Wildman–Crippen MR) is 117 cm³/mol. The third-order valence-electron chi connectivity index (χ3n) is 6.62. The quantitative estimate of drug-likeness (QED) is 0.659. The number of carbonyl (C=O) groups is 1. The number of thiophene rings is 1. The summed E-state index contributed by atoms with van der Waals surface area (Å²) in [6.07, 6.45) is 6.01. The minimum atomic E-state index is -3.58. The molecule has 0 N–H and O–H groups in total. The molecule has 0 saturated carbocycles. The minimum absolute atomic E-state index is 0.118. The van der Waals surface area contributed by atoms with Crippen molar-refractivity contribution in [3.63, 3.8) is 0 Å². The molecule has 3 aliphatic heterocycles. The molecule has 1 aromatic rings. The number of amides is 1. The molecule has 4 rings (SSSR count). The van der Waals surface area contributed by atoms with Gasteiger partial charge in [-0.05, 0) is 56.0 Å². The molecule has 0 bridgehead atoms. The van der Waals surface area contributed by atoms with Crippen molar-refractivity contribution in [3.8, 4) is 0 Å². The van der Waals surface area contributed by atoms with Crippen LogP contribution in [0.4, 0.5) is 0 Å². The number of piperidine rings is 2. The molecule has 30 heavy (non-hydrogen) atoms. The van der Waals surface area contributed by atoms with Crippen molar-refractivity contribution in [3.05, 3.63) is 16.3 Å². The van der Waals surface area contributed by atoms with Gasteiger partial charge < -0.3 is 9.64 Å². The number of nitrogens with zero attached hydrogens (tertiary/aromatic N) is 3. The molecule has 7 nitrogen and oxygen atoms in total. The van der Waals surface area contributed by atoms with Gasteiger partial charge in [0.2, 0.25) is 10.0 Å². The van der Waals surface area contributed by atoms with E-state index in [1.807, 2.05) is 4.90 Å². The lowest BCUT2D eigenvalue weighted by Crippen LogP contribution is -2.41. The Morgan fingerprint density at radius 1 is 1.03 bits per heavy atom. The van der Waals surface area contributed by atoms with Crippen LogP contribution in [0.1, 0.15) is 48.2 Å². The Morgan fingerprint density at radius 2 is 1.73 bits per heavy atom. The monoisotopic (exact) mass is 455 g/mol. The van der Waals surface area contributed by atoms with E-state index in [1.165, 1.54) is 11.3 Å². The van der Waals surface area contributed by atoms with E-state index >= 15 is 0 Å². The fourth-order valence-electron chi connectivity index (χ4n) is 4.66. The molecule has 168 valence electrons. The Bertz CT molecular complexity index is 806. The molecule has 0 spiro atoms. The van der Waals surface area contributed by atoms with Crippen LogP contribution in [0, 0.1) is 5.92 Å². The van der Waals surface area contributed by atoms with E-state index in [9.17, 15) is 13.2 Å². The Labute approximate surface area is 184 Å². The Morgan fingerprint density at radius 3 is 2.43 bits per heavy atom. The van der Waals surface area contributed by atoms with E-state index in [1.54, 1.807) is 15.8 Å². The third-order valence-corrected chi connectivity index (χ3v) is 9.59. The third kappa shape index (κ3) is 5.07. The van der Waals surface area contributed by atoms with Crippen LogP contribution in [0.3, 0.4) is 0 Å². The van der Waals surface area contributed by atoms with E-state index in [2.05, 4.69) is 4.90 Å². The summed E-state index contributed by atoms with van der Waals surface area (Å²) in [6, 6.07) is 1.61. The van der Waals surface area contributed by atoms with E-state index in [4.69, 9.17) is 4.74 Å². The average molecular weight is 456 g/mol. The van der Waals surface area contributed by atoms with Gasteiger partial charge >= 0.3 is 0 Å². The summed E-state index contributed by atoms with van der Waals surface area (Å²) >= 11 is 1.26. The standard InChI is InChI=1S/C21H33N3O4S2/c25-21(20-19(7-17-29-20)30(26,27)24-8-2-1-3-9-24)23-11-5-18(6-12-23)4-10-22-13-15-28-16-14-22/h7,17-18H,1-6,8-16H2. The molecule has 0 aliphatic carbocycles. The number of hydrogen-bond donors (Lipinski definition) is 0. The topological polar surface area (TPSA) is 70.2 Å². The summed E-state index contributed by atoms with van der Waals surface area (Å²) in [4.78, 5) is 18.1. The lowest BCUT2D eigenvalue weighted by molar-refractivity contribution is 0.0332. The first kappa shape index (κ1) is 22.2. The van der Waals surface area contributed by atoms with Crippen molar-refractivity contribution >= 4 is 27.3 Å². The molecule has 1 aromatic heterocycles. The predicted octanol–water partition coefficient (Wildman–Crippen LogP) is 2.50.